The first kappa shape index (κ1) is 16.8. The summed E-state index contributed by atoms with van der Waals surface area (Å²) in [5.74, 6) is 2.29. The standard InChI is InChI=1S/C17H21ClN4O2/c18-12-4-6-14(7-5-12)24-15-10-21-17(19)22-16(15)20-9-11-2-1-3-13(23)8-11/h4-7,10-11,13,23H,1-3,8-9H2,(H3,19,20,21,22)/t11-,13-/m1/s1. The number of hydrogen-bond donors (Lipinski definition) is 3. The van der Waals surface area contributed by atoms with Crippen LogP contribution in [-0.2, 0) is 0 Å². The Bertz CT molecular complexity index is 681. The predicted octanol–water partition coefficient (Wildman–Crippen LogP) is 3.47. The van der Waals surface area contributed by atoms with Crippen molar-refractivity contribution >= 4 is 23.4 Å². The molecule has 1 heterocycles. The molecule has 0 spiro atoms. The van der Waals surface area contributed by atoms with Crippen molar-refractivity contribution in [2.75, 3.05) is 17.6 Å². The summed E-state index contributed by atoms with van der Waals surface area (Å²) in [5.41, 5.74) is 5.70. The van der Waals surface area contributed by atoms with Crippen molar-refractivity contribution < 1.29 is 9.84 Å². The number of aromatic nitrogens is 2. The molecule has 0 aliphatic heterocycles. The minimum absolute atomic E-state index is 0.185. The number of rotatable bonds is 5. The van der Waals surface area contributed by atoms with E-state index >= 15 is 0 Å². The first-order chi connectivity index (χ1) is 11.6. The number of nitrogens with zero attached hydrogens (tertiary/aromatic N) is 2. The van der Waals surface area contributed by atoms with Crippen LogP contribution in [0.4, 0.5) is 11.8 Å². The molecule has 6 nitrogen and oxygen atoms in total. The molecule has 24 heavy (non-hydrogen) atoms. The van der Waals surface area contributed by atoms with Gasteiger partial charge in [-0.15, -0.1) is 0 Å². The summed E-state index contributed by atoms with van der Waals surface area (Å²) in [4.78, 5) is 8.23. The minimum Gasteiger partial charge on any atom is -0.452 e. The van der Waals surface area contributed by atoms with Gasteiger partial charge in [0, 0.05) is 11.6 Å². The molecule has 0 bridgehead atoms. The summed E-state index contributed by atoms with van der Waals surface area (Å²) in [6.45, 7) is 0.713. The molecule has 1 aliphatic carbocycles. The van der Waals surface area contributed by atoms with Crippen LogP contribution in [-0.4, -0.2) is 27.7 Å². The molecule has 7 heteroatoms. The molecule has 128 valence electrons. The fraction of sp³-hybridized carbons (Fsp3) is 0.412. The third-order valence-corrected chi connectivity index (χ3v) is 4.38. The Kier molecular flexibility index (Phi) is 5.37. The van der Waals surface area contributed by atoms with Crippen LogP contribution < -0.4 is 15.8 Å². The van der Waals surface area contributed by atoms with Gasteiger partial charge in [0.15, 0.2) is 11.6 Å². The topological polar surface area (TPSA) is 93.3 Å². The van der Waals surface area contributed by atoms with Gasteiger partial charge in [-0.25, -0.2) is 4.98 Å². The Morgan fingerprint density at radius 3 is 2.83 bits per heavy atom. The summed E-state index contributed by atoms with van der Waals surface area (Å²) >= 11 is 5.88. The van der Waals surface area contributed by atoms with Crippen molar-refractivity contribution in [1.82, 2.24) is 9.97 Å². The van der Waals surface area contributed by atoms with Gasteiger partial charge >= 0.3 is 0 Å². The number of aliphatic hydroxyl groups excluding tert-OH is 1. The van der Waals surface area contributed by atoms with Gasteiger partial charge in [0.05, 0.1) is 12.3 Å². The molecule has 1 aliphatic rings. The number of benzene rings is 1. The molecular formula is C17H21ClN4O2. The van der Waals surface area contributed by atoms with Crippen LogP contribution in [0.5, 0.6) is 11.5 Å². The minimum atomic E-state index is -0.203. The number of anilines is 2. The lowest BCUT2D eigenvalue weighted by Gasteiger charge is -2.26. The van der Waals surface area contributed by atoms with Crippen LogP contribution in [0.3, 0.4) is 0 Å². The number of ether oxygens (including phenoxy) is 1. The van der Waals surface area contributed by atoms with Gasteiger partial charge in [0.1, 0.15) is 5.75 Å². The predicted molar refractivity (Wildman–Crippen MR) is 94.4 cm³/mol. The van der Waals surface area contributed by atoms with Crippen LogP contribution in [0.15, 0.2) is 30.5 Å². The fourth-order valence-corrected chi connectivity index (χ4v) is 3.03. The molecule has 0 unspecified atom stereocenters. The summed E-state index contributed by atoms with van der Waals surface area (Å²) in [6.07, 6.45) is 5.19. The van der Waals surface area contributed by atoms with Crippen molar-refractivity contribution in [1.29, 1.82) is 0 Å². The van der Waals surface area contributed by atoms with Crippen molar-refractivity contribution in [3.8, 4) is 11.5 Å². The maximum Gasteiger partial charge on any atom is 0.222 e. The maximum absolute atomic E-state index is 9.78. The summed E-state index contributed by atoms with van der Waals surface area (Å²) < 4.78 is 5.83. The van der Waals surface area contributed by atoms with Gasteiger partial charge in [-0.2, -0.15) is 4.98 Å². The summed E-state index contributed by atoms with van der Waals surface area (Å²) in [7, 11) is 0. The molecule has 2 atom stereocenters. The van der Waals surface area contributed by atoms with Crippen molar-refractivity contribution in [3.05, 3.63) is 35.5 Å². The van der Waals surface area contributed by atoms with E-state index in [0.29, 0.717) is 34.8 Å². The summed E-state index contributed by atoms with van der Waals surface area (Å²) in [5, 5.41) is 13.7. The second-order valence-electron chi connectivity index (χ2n) is 6.06. The molecular weight excluding hydrogens is 328 g/mol. The Labute approximate surface area is 146 Å². The average molecular weight is 349 g/mol. The van der Waals surface area contributed by atoms with E-state index in [1.54, 1.807) is 30.5 Å². The highest BCUT2D eigenvalue weighted by Gasteiger charge is 2.20. The van der Waals surface area contributed by atoms with E-state index in [1.807, 2.05) is 0 Å². The van der Waals surface area contributed by atoms with Gasteiger partial charge in [-0.1, -0.05) is 18.0 Å². The third kappa shape index (κ3) is 4.49. The molecule has 0 radical (unpaired) electrons. The number of hydrogen-bond acceptors (Lipinski definition) is 6. The molecule has 1 aromatic heterocycles. The number of aliphatic hydroxyl groups is 1. The smallest absolute Gasteiger partial charge is 0.222 e. The second kappa shape index (κ2) is 7.68. The molecule has 0 saturated heterocycles. The van der Waals surface area contributed by atoms with E-state index < -0.39 is 0 Å². The SMILES string of the molecule is Nc1ncc(Oc2ccc(Cl)cc2)c(NC[C@@H]2CCC[C@@H](O)C2)n1. The normalized spacial score (nSPS) is 20.6. The molecule has 1 saturated carbocycles. The maximum atomic E-state index is 9.78. The van der Waals surface area contributed by atoms with Gasteiger partial charge in [-0.05, 0) is 49.4 Å². The Hall–Kier alpha value is -2.05. The van der Waals surface area contributed by atoms with Crippen molar-refractivity contribution in [3.63, 3.8) is 0 Å². The van der Waals surface area contributed by atoms with Gasteiger partial charge in [-0.3, -0.25) is 0 Å². The Morgan fingerprint density at radius 2 is 2.08 bits per heavy atom. The fourth-order valence-electron chi connectivity index (χ4n) is 2.90. The molecule has 4 N–H and O–H groups in total. The van der Waals surface area contributed by atoms with E-state index in [-0.39, 0.29) is 12.1 Å². The van der Waals surface area contributed by atoms with E-state index in [2.05, 4.69) is 15.3 Å². The summed E-state index contributed by atoms with van der Waals surface area (Å²) in [6, 6.07) is 7.07. The van der Waals surface area contributed by atoms with Crippen molar-refractivity contribution in [2.24, 2.45) is 5.92 Å². The Balaban J connectivity index is 1.69. The zero-order valence-corrected chi connectivity index (χ0v) is 14.0. The highest BCUT2D eigenvalue weighted by molar-refractivity contribution is 6.30. The van der Waals surface area contributed by atoms with Crippen LogP contribution in [0.25, 0.3) is 0 Å². The molecule has 1 aromatic carbocycles. The molecule has 2 aromatic rings. The van der Waals surface area contributed by atoms with Crippen LogP contribution in [0.1, 0.15) is 25.7 Å². The van der Waals surface area contributed by atoms with Crippen LogP contribution in [0.2, 0.25) is 5.02 Å². The first-order valence-electron chi connectivity index (χ1n) is 8.08. The monoisotopic (exact) mass is 348 g/mol. The van der Waals surface area contributed by atoms with Crippen LogP contribution >= 0.6 is 11.6 Å². The van der Waals surface area contributed by atoms with E-state index in [1.165, 1.54) is 0 Å². The van der Waals surface area contributed by atoms with Gasteiger partial charge in [0.2, 0.25) is 5.95 Å². The largest absolute Gasteiger partial charge is 0.452 e. The number of nitrogen functional groups attached to an aromatic ring is 1. The van der Waals surface area contributed by atoms with Crippen molar-refractivity contribution in [2.45, 2.75) is 31.8 Å². The second-order valence-corrected chi connectivity index (χ2v) is 6.50. The highest BCUT2D eigenvalue weighted by atomic mass is 35.5. The first-order valence-corrected chi connectivity index (χ1v) is 8.46. The lowest BCUT2D eigenvalue weighted by Crippen LogP contribution is -2.25. The lowest BCUT2D eigenvalue weighted by atomic mass is 9.87. The Morgan fingerprint density at radius 1 is 1.29 bits per heavy atom. The number of nitrogens with two attached hydrogens (primary N) is 1. The van der Waals surface area contributed by atoms with E-state index in [4.69, 9.17) is 22.1 Å². The molecule has 3 rings (SSSR count). The zero-order chi connectivity index (χ0) is 16.9. The quantitative estimate of drug-likeness (QED) is 0.766. The average Bonchev–Trinajstić information content (AvgIpc) is 2.57. The molecule has 1 fully saturated rings. The van der Waals surface area contributed by atoms with Gasteiger partial charge in [0.25, 0.3) is 0 Å². The number of halogens is 1. The van der Waals surface area contributed by atoms with E-state index in [0.717, 1.165) is 25.7 Å². The van der Waals surface area contributed by atoms with Crippen LogP contribution in [0, 0.1) is 5.92 Å². The lowest BCUT2D eigenvalue weighted by molar-refractivity contribution is 0.104. The third-order valence-electron chi connectivity index (χ3n) is 4.13. The highest BCUT2D eigenvalue weighted by Crippen LogP contribution is 2.30. The molecule has 0 amide bonds. The zero-order valence-electron chi connectivity index (χ0n) is 13.3. The van der Waals surface area contributed by atoms with E-state index in [9.17, 15) is 5.11 Å². The van der Waals surface area contributed by atoms with Gasteiger partial charge < -0.3 is 20.9 Å². The number of nitrogens with one attached hydrogen (secondary N) is 1.